The number of amides is 1. The van der Waals surface area contributed by atoms with Gasteiger partial charge in [0.1, 0.15) is 18.2 Å². The maximum Gasteiger partial charge on any atom is 0.416 e. The number of rotatable bonds is 7. The molecule has 2 aromatic carbocycles. The Bertz CT molecular complexity index is 1210. The summed E-state index contributed by atoms with van der Waals surface area (Å²) in [6, 6.07) is 9.94. The fourth-order valence-corrected chi connectivity index (χ4v) is 3.31. The number of halogens is 4. The fourth-order valence-electron chi connectivity index (χ4n) is 3.31. The van der Waals surface area contributed by atoms with Crippen LogP contribution < -0.4 is 10.9 Å². The normalized spacial score (nSPS) is 11.5. The highest BCUT2D eigenvalue weighted by atomic mass is 19.4. The summed E-state index contributed by atoms with van der Waals surface area (Å²) in [5.74, 6) is -1.11. The van der Waals surface area contributed by atoms with Gasteiger partial charge in [-0.2, -0.15) is 13.2 Å². The van der Waals surface area contributed by atoms with Gasteiger partial charge in [0.05, 0.1) is 5.56 Å². The SMILES string of the molecule is Cc1nc(-c2ccc(C(F)(F)F)cc2)n(CC(=O)NCc2ccccc2F)c(=O)c1CCO. The lowest BCUT2D eigenvalue weighted by molar-refractivity contribution is -0.137. The van der Waals surface area contributed by atoms with E-state index < -0.39 is 35.6 Å². The van der Waals surface area contributed by atoms with Crippen molar-refractivity contribution in [3.8, 4) is 11.4 Å². The van der Waals surface area contributed by atoms with Crippen molar-refractivity contribution in [1.29, 1.82) is 0 Å². The Morgan fingerprint density at radius 1 is 1.12 bits per heavy atom. The molecule has 0 bridgehead atoms. The van der Waals surface area contributed by atoms with Gasteiger partial charge < -0.3 is 10.4 Å². The quantitative estimate of drug-likeness (QED) is 0.527. The minimum Gasteiger partial charge on any atom is -0.396 e. The van der Waals surface area contributed by atoms with Crippen LogP contribution in [0.2, 0.25) is 0 Å². The van der Waals surface area contributed by atoms with Gasteiger partial charge in [-0.25, -0.2) is 9.37 Å². The highest BCUT2D eigenvalue weighted by Gasteiger charge is 2.30. The molecule has 3 rings (SSSR count). The van der Waals surface area contributed by atoms with E-state index in [1.54, 1.807) is 13.0 Å². The van der Waals surface area contributed by atoms with Gasteiger partial charge in [-0.15, -0.1) is 0 Å². The number of nitrogens with zero attached hydrogens (tertiary/aromatic N) is 2. The van der Waals surface area contributed by atoms with Crippen LogP contribution in [-0.4, -0.2) is 27.2 Å². The Hall–Kier alpha value is -3.53. The standard InChI is InChI=1S/C23H21F4N3O3/c1-14-18(10-11-31)22(33)30(13-20(32)28-12-16-4-2-3-5-19(16)24)21(29-14)15-6-8-17(9-7-15)23(25,26)27/h2-9,31H,10-13H2,1H3,(H,28,32). The molecule has 33 heavy (non-hydrogen) atoms. The first-order valence-corrected chi connectivity index (χ1v) is 10.0. The second-order valence-corrected chi connectivity index (χ2v) is 7.31. The third-order valence-electron chi connectivity index (χ3n) is 5.04. The first-order chi connectivity index (χ1) is 15.6. The molecule has 10 heteroatoms. The minimum absolute atomic E-state index is 0.00179. The molecule has 0 aliphatic carbocycles. The maximum absolute atomic E-state index is 13.8. The molecule has 0 unspecified atom stereocenters. The van der Waals surface area contributed by atoms with E-state index in [2.05, 4.69) is 10.3 Å². The van der Waals surface area contributed by atoms with Crippen LogP contribution in [0, 0.1) is 12.7 Å². The zero-order chi connectivity index (χ0) is 24.2. The second kappa shape index (κ2) is 9.95. The lowest BCUT2D eigenvalue weighted by atomic mass is 10.1. The van der Waals surface area contributed by atoms with E-state index >= 15 is 0 Å². The molecule has 0 spiro atoms. The van der Waals surface area contributed by atoms with Gasteiger partial charge in [-0.3, -0.25) is 14.2 Å². The first-order valence-electron chi connectivity index (χ1n) is 10.0. The summed E-state index contributed by atoms with van der Waals surface area (Å²) in [4.78, 5) is 29.9. The molecule has 2 N–H and O–H groups in total. The predicted octanol–water partition coefficient (Wildman–Crippen LogP) is 3.23. The van der Waals surface area contributed by atoms with Crippen LogP contribution >= 0.6 is 0 Å². The Morgan fingerprint density at radius 2 is 1.79 bits per heavy atom. The van der Waals surface area contributed by atoms with Gasteiger partial charge in [0.15, 0.2) is 0 Å². The highest BCUT2D eigenvalue weighted by Crippen LogP contribution is 2.30. The first kappa shape index (κ1) is 24.1. The molecule has 174 valence electrons. The van der Waals surface area contributed by atoms with Crippen molar-refractivity contribution >= 4 is 5.91 Å². The zero-order valence-electron chi connectivity index (χ0n) is 17.6. The Labute approximate surface area is 186 Å². The summed E-state index contributed by atoms with van der Waals surface area (Å²) in [7, 11) is 0. The molecule has 0 saturated carbocycles. The fraction of sp³-hybridized carbons (Fsp3) is 0.261. The zero-order valence-corrected chi connectivity index (χ0v) is 17.6. The number of alkyl halides is 3. The Balaban J connectivity index is 1.96. The summed E-state index contributed by atoms with van der Waals surface area (Å²) in [5, 5.41) is 11.8. The number of aromatic nitrogens is 2. The van der Waals surface area contributed by atoms with Crippen LogP contribution in [0.1, 0.15) is 22.4 Å². The number of aliphatic hydroxyl groups is 1. The van der Waals surface area contributed by atoms with E-state index in [9.17, 15) is 32.3 Å². The number of hydrogen-bond acceptors (Lipinski definition) is 4. The lowest BCUT2D eigenvalue weighted by Crippen LogP contribution is -2.35. The third kappa shape index (κ3) is 5.64. The molecule has 6 nitrogen and oxygen atoms in total. The van der Waals surface area contributed by atoms with E-state index in [0.29, 0.717) is 5.69 Å². The third-order valence-corrected chi connectivity index (χ3v) is 5.04. The van der Waals surface area contributed by atoms with E-state index in [0.717, 1.165) is 16.7 Å². The van der Waals surface area contributed by atoms with Gasteiger partial charge in [0, 0.05) is 42.0 Å². The summed E-state index contributed by atoms with van der Waals surface area (Å²) >= 11 is 0. The molecule has 0 aliphatic rings. The summed E-state index contributed by atoms with van der Waals surface area (Å²) in [5.41, 5.74) is -0.504. The van der Waals surface area contributed by atoms with E-state index in [1.807, 2.05) is 0 Å². The molecule has 0 aliphatic heterocycles. The van der Waals surface area contributed by atoms with E-state index in [-0.39, 0.29) is 42.1 Å². The van der Waals surface area contributed by atoms with Crippen LogP contribution in [0.5, 0.6) is 0 Å². The smallest absolute Gasteiger partial charge is 0.396 e. The predicted molar refractivity (Wildman–Crippen MR) is 113 cm³/mol. The van der Waals surface area contributed by atoms with Gasteiger partial charge in [-0.1, -0.05) is 30.3 Å². The van der Waals surface area contributed by atoms with Crippen molar-refractivity contribution in [2.75, 3.05) is 6.61 Å². The molecule has 3 aromatic rings. The number of benzene rings is 2. The summed E-state index contributed by atoms with van der Waals surface area (Å²) < 4.78 is 53.6. The molecule has 0 saturated heterocycles. The van der Waals surface area contributed by atoms with Crippen LogP contribution in [0.25, 0.3) is 11.4 Å². The highest BCUT2D eigenvalue weighted by molar-refractivity contribution is 5.76. The molecule has 0 fully saturated rings. The second-order valence-electron chi connectivity index (χ2n) is 7.31. The average Bonchev–Trinajstić information content (AvgIpc) is 2.77. The van der Waals surface area contributed by atoms with Crippen molar-refractivity contribution in [2.45, 2.75) is 32.6 Å². The lowest BCUT2D eigenvalue weighted by Gasteiger charge is -2.16. The maximum atomic E-state index is 13.8. The van der Waals surface area contributed by atoms with E-state index in [1.165, 1.54) is 30.3 Å². The summed E-state index contributed by atoms with van der Waals surface area (Å²) in [6.07, 6.45) is -4.53. The average molecular weight is 463 g/mol. The Morgan fingerprint density at radius 3 is 2.39 bits per heavy atom. The van der Waals surface area contributed by atoms with Crippen LogP contribution in [-0.2, 0) is 30.5 Å². The van der Waals surface area contributed by atoms with Crippen molar-refractivity contribution in [3.05, 3.63) is 87.1 Å². The van der Waals surface area contributed by atoms with Gasteiger partial charge in [0.2, 0.25) is 5.91 Å². The number of aliphatic hydroxyl groups excluding tert-OH is 1. The van der Waals surface area contributed by atoms with Crippen molar-refractivity contribution in [1.82, 2.24) is 14.9 Å². The van der Waals surface area contributed by atoms with Crippen molar-refractivity contribution < 1.29 is 27.5 Å². The van der Waals surface area contributed by atoms with Gasteiger partial charge >= 0.3 is 6.18 Å². The molecule has 0 radical (unpaired) electrons. The topological polar surface area (TPSA) is 84.2 Å². The van der Waals surface area contributed by atoms with Crippen LogP contribution in [0.4, 0.5) is 17.6 Å². The minimum atomic E-state index is -4.53. The van der Waals surface area contributed by atoms with Crippen LogP contribution in [0.3, 0.4) is 0 Å². The Kier molecular flexibility index (Phi) is 7.27. The molecular weight excluding hydrogens is 442 g/mol. The molecule has 1 aromatic heterocycles. The van der Waals surface area contributed by atoms with Gasteiger partial charge in [-0.05, 0) is 25.1 Å². The number of aryl methyl sites for hydroxylation is 1. The van der Waals surface area contributed by atoms with Crippen molar-refractivity contribution in [2.24, 2.45) is 0 Å². The largest absolute Gasteiger partial charge is 0.416 e. The summed E-state index contributed by atoms with van der Waals surface area (Å²) in [6.45, 7) is 0.618. The molecule has 1 heterocycles. The number of carbonyl (C=O) groups excluding carboxylic acids is 1. The molecule has 1 amide bonds. The van der Waals surface area contributed by atoms with Gasteiger partial charge in [0.25, 0.3) is 5.56 Å². The number of hydrogen-bond donors (Lipinski definition) is 2. The molecular formula is C23H21F4N3O3. The molecule has 0 atom stereocenters. The number of nitrogens with one attached hydrogen (secondary N) is 1. The monoisotopic (exact) mass is 463 g/mol. The van der Waals surface area contributed by atoms with E-state index in [4.69, 9.17) is 0 Å². The number of carbonyl (C=O) groups is 1. The van der Waals surface area contributed by atoms with Crippen LogP contribution in [0.15, 0.2) is 53.3 Å². The van der Waals surface area contributed by atoms with Crippen molar-refractivity contribution in [3.63, 3.8) is 0 Å².